The molecule has 3 nitrogen and oxygen atoms in total. The van der Waals surface area contributed by atoms with Crippen molar-refractivity contribution < 1.29 is 9.59 Å². The van der Waals surface area contributed by atoms with Gasteiger partial charge in [0.1, 0.15) is 5.78 Å². The van der Waals surface area contributed by atoms with Gasteiger partial charge in [-0.1, -0.05) is 0 Å². The minimum Gasteiger partial charge on any atom is -0.299 e. The highest BCUT2D eigenvalue weighted by Gasteiger charge is 2.10. The molecular weight excluding hydrogens is 222 g/mol. The quantitative estimate of drug-likeness (QED) is 0.610. The van der Waals surface area contributed by atoms with Crippen molar-refractivity contribution in [3.05, 3.63) is 30.1 Å². The molecule has 16 heavy (non-hydrogen) atoms. The predicted molar refractivity (Wildman–Crippen MR) is 65.9 cm³/mol. The van der Waals surface area contributed by atoms with Gasteiger partial charge in [-0.2, -0.15) is 12.6 Å². The Hall–Kier alpha value is -1.16. The average molecular weight is 237 g/mol. The Morgan fingerprint density at radius 3 is 2.81 bits per heavy atom. The first-order chi connectivity index (χ1) is 7.61. The molecule has 0 saturated heterocycles. The summed E-state index contributed by atoms with van der Waals surface area (Å²) in [5, 5.41) is -0.248. The van der Waals surface area contributed by atoms with E-state index in [-0.39, 0.29) is 16.8 Å². The van der Waals surface area contributed by atoms with Gasteiger partial charge in [0.25, 0.3) is 0 Å². The molecule has 1 heterocycles. The summed E-state index contributed by atoms with van der Waals surface area (Å²) in [4.78, 5) is 26.5. The Labute approximate surface area is 101 Å². The van der Waals surface area contributed by atoms with Crippen molar-refractivity contribution in [3.63, 3.8) is 0 Å². The van der Waals surface area contributed by atoms with Crippen LogP contribution in [0.5, 0.6) is 0 Å². The number of aromatic nitrogens is 1. The molecule has 86 valence electrons. The van der Waals surface area contributed by atoms with E-state index < -0.39 is 0 Å². The van der Waals surface area contributed by atoms with Gasteiger partial charge in [-0.25, -0.2) is 0 Å². The van der Waals surface area contributed by atoms with Crippen LogP contribution in [0.25, 0.3) is 0 Å². The van der Waals surface area contributed by atoms with Gasteiger partial charge >= 0.3 is 0 Å². The molecule has 0 aliphatic heterocycles. The molecule has 0 fully saturated rings. The summed E-state index contributed by atoms with van der Waals surface area (Å²) in [7, 11) is 0. The molecule has 0 aromatic carbocycles. The summed E-state index contributed by atoms with van der Waals surface area (Å²) in [6, 6.07) is 3.49. The van der Waals surface area contributed by atoms with E-state index in [0.29, 0.717) is 24.8 Å². The van der Waals surface area contributed by atoms with Crippen molar-refractivity contribution in [2.24, 2.45) is 0 Å². The molecule has 1 rings (SSSR count). The van der Waals surface area contributed by atoms with E-state index in [1.165, 1.54) is 6.92 Å². The number of carbonyl (C=O) groups excluding carboxylic acids is 2. The minimum absolute atomic E-state index is 0.0529. The number of carbonyl (C=O) groups is 2. The van der Waals surface area contributed by atoms with Gasteiger partial charge in [-0.05, 0) is 31.9 Å². The van der Waals surface area contributed by atoms with Crippen molar-refractivity contribution in [1.82, 2.24) is 4.98 Å². The van der Waals surface area contributed by atoms with E-state index in [1.807, 2.05) is 0 Å². The monoisotopic (exact) mass is 237 g/mol. The molecule has 4 heteroatoms. The van der Waals surface area contributed by atoms with E-state index in [2.05, 4.69) is 17.6 Å². The number of Topliss-reactive ketones (excluding diaryl/α,β-unsaturated/α-hetero) is 2. The summed E-state index contributed by atoms with van der Waals surface area (Å²) in [6.07, 6.45) is 4.96. The van der Waals surface area contributed by atoms with Gasteiger partial charge in [-0.15, -0.1) is 0 Å². The highest BCUT2D eigenvalue weighted by Crippen LogP contribution is 2.11. The second-order valence-electron chi connectivity index (χ2n) is 3.68. The van der Waals surface area contributed by atoms with Crippen molar-refractivity contribution in [2.45, 2.75) is 31.4 Å². The maximum absolute atomic E-state index is 11.6. The topological polar surface area (TPSA) is 47.0 Å². The Morgan fingerprint density at radius 2 is 2.25 bits per heavy atom. The van der Waals surface area contributed by atoms with Crippen LogP contribution >= 0.6 is 12.6 Å². The largest absolute Gasteiger partial charge is 0.299 e. The SMILES string of the molecule is CC(=O)C(S)CCCC(=O)c1cccnc1. The van der Waals surface area contributed by atoms with Crippen LogP contribution in [-0.2, 0) is 4.79 Å². The smallest absolute Gasteiger partial charge is 0.164 e. The number of thiol groups is 1. The van der Waals surface area contributed by atoms with E-state index >= 15 is 0 Å². The summed E-state index contributed by atoms with van der Waals surface area (Å²) >= 11 is 4.14. The van der Waals surface area contributed by atoms with Crippen molar-refractivity contribution in [2.75, 3.05) is 0 Å². The molecule has 0 radical (unpaired) electrons. The second-order valence-corrected chi connectivity index (χ2v) is 4.31. The van der Waals surface area contributed by atoms with Crippen molar-refractivity contribution >= 4 is 24.2 Å². The fourth-order valence-electron chi connectivity index (χ4n) is 1.33. The number of nitrogens with zero attached hydrogens (tertiary/aromatic N) is 1. The average Bonchev–Trinajstić information content (AvgIpc) is 2.29. The van der Waals surface area contributed by atoms with Crippen LogP contribution in [0.15, 0.2) is 24.5 Å². The maximum atomic E-state index is 11.6. The molecule has 0 bridgehead atoms. The van der Waals surface area contributed by atoms with Gasteiger partial charge < -0.3 is 0 Å². The van der Waals surface area contributed by atoms with Crippen molar-refractivity contribution in [1.29, 1.82) is 0 Å². The highest BCUT2D eigenvalue weighted by molar-refractivity contribution is 7.81. The zero-order chi connectivity index (χ0) is 12.0. The lowest BCUT2D eigenvalue weighted by Gasteiger charge is -2.05. The molecular formula is C12H15NO2S. The summed E-state index contributed by atoms with van der Waals surface area (Å²) in [6.45, 7) is 1.51. The Bertz CT molecular complexity index is 365. The van der Waals surface area contributed by atoms with Crippen LogP contribution in [0.2, 0.25) is 0 Å². The van der Waals surface area contributed by atoms with Crippen LogP contribution in [0.1, 0.15) is 36.5 Å². The standard InChI is InChI=1S/C12H15NO2S/c1-9(14)12(16)6-2-5-11(15)10-4-3-7-13-8-10/h3-4,7-8,12,16H,2,5-6H2,1H3. The first kappa shape index (κ1) is 12.9. The summed E-state index contributed by atoms with van der Waals surface area (Å²) in [5.74, 6) is 0.120. The number of hydrogen-bond donors (Lipinski definition) is 1. The first-order valence-electron chi connectivity index (χ1n) is 5.23. The van der Waals surface area contributed by atoms with Crippen LogP contribution < -0.4 is 0 Å². The van der Waals surface area contributed by atoms with Gasteiger partial charge in [0.05, 0.1) is 5.25 Å². The maximum Gasteiger partial charge on any atom is 0.164 e. The Kier molecular flexibility index (Phi) is 5.19. The predicted octanol–water partition coefficient (Wildman–Crippen LogP) is 2.32. The Morgan fingerprint density at radius 1 is 1.50 bits per heavy atom. The number of hydrogen-bond acceptors (Lipinski definition) is 4. The number of ketones is 2. The molecule has 0 aliphatic carbocycles. The van der Waals surface area contributed by atoms with Gasteiger partial charge in [0, 0.05) is 24.4 Å². The fraction of sp³-hybridized carbons (Fsp3) is 0.417. The third kappa shape index (κ3) is 4.14. The highest BCUT2D eigenvalue weighted by atomic mass is 32.1. The lowest BCUT2D eigenvalue weighted by atomic mass is 10.1. The van der Waals surface area contributed by atoms with E-state index in [9.17, 15) is 9.59 Å². The molecule has 1 aromatic rings. The van der Waals surface area contributed by atoms with E-state index in [1.54, 1.807) is 24.5 Å². The number of pyridine rings is 1. The zero-order valence-corrected chi connectivity index (χ0v) is 10.1. The first-order valence-corrected chi connectivity index (χ1v) is 5.74. The number of rotatable bonds is 6. The van der Waals surface area contributed by atoms with Crippen molar-refractivity contribution in [3.8, 4) is 0 Å². The third-order valence-electron chi connectivity index (χ3n) is 2.33. The second kappa shape index (κ2) is 6.43. The minimum atomic E-state index is -0.248. The van der Waals surface area contributed by atoms with Gasteiger partial charge in [0.15, 0.2) is 5.78 Å². The van der Waals surface area contributed by atoms with Gasteiger partial charge in [0.2, 0.25) is 0 Å². The van der Waals surface area contributed by atoms with Crippen LogP contribution in [-0.4, -0.2) is 21.8 Å². The molecule has 0 aliphatic rings. The molecule has 1 unspecified atom stereocenters. The Balaban J connectivity index is 2.34. The molecule has 0 saturated carbocycles. The van der Waals surface area contributed by atoms with Gasteiger partial charge in [-0.3, -0.25) is 14.6 Å². The molecule has 1 atom stereocenters. The summed E-state index contributed by atoms with van der Waals surface area (Å²) in [5.41, 5.74) is 0.626. The molecule has 1 aromatic heterocycles. The molecule has 0 N–H and O–H groups in total. The zero-order valence-electron chi connectivity index (χ0n) is 9.22. The molecule has 0 amide bonds. The molecule has 0 spiro atoms. The lowest BCUT2D eigenvalue weighted by Crippen LogP contribution is -2.10. The summed E-state index contributed by atoms with van der Waals surface area (Å²) < 4.78 is 0. The normalized spacial score (nSPS) is 12.1. The lowest BCUT2D eigenvalue weighted by molar-refractivity contribution is -0.116. The van der Waals surface area contributed by atoms with E-state index in [4.69, 9.17) is 0 Å². The third-order valence-corrected chi connectivity index (χ3v) is 2.96. The fourth-order valence-corrected chi connectivity index (χ4v) is 1.51. The van der Waals surface area contributed by atoms with E-state index in [0.717, 1.165) is 0 Å². The van der Waals surface area contributed by atoms with Crippen LogP contribution in [0, 0.1) is 0 Å². The van der Waals surface area contributed by atoms with Crippen LogP contribution in [0.3, 0.4) is 0 Å². The van der Waals surface area contributed by atoms with Crippen LogP contribution in [0.4, 0.5) is 0 Å².